The number of hydrogen-bond acceptors (Lipinski definition) is 4. The summed E-state index contributed by atoms with van der Waals surface area (Å²) in [6, 6.07) is 5.99. The fraction of sp³-hybridized carbons (Fsp3) is 0.417. The number of anilines is 1. The van der Waals surface area contributed by atoms with Gasteiger partial charge in [0.1, 0.15) is 0 Å². The highest BCUT2D eigenvalue weighted by Gasteiger charge is 2.21. The van der Waals surface area contributed by atoms with Crippen LogP contribution in [0, 0.1) is 16.0 Å². The van der Waals surface area contributed by atoms with Crippen LogP contribution < -0.4 is 10.6 Å². The SMILES string of the molecule is Cl.O=C(Nc1cccc([N+](=O)[O-])c1)C1CCCNC1. The van der Waals surface area contributed by atoms with Gasteiger partial charge in [0.15, 0.2) is 0 Å². The van der Waals surface area contributed by atoms with Crippen molar-refractivity contribution in [1.82, 2.24) is 5.32 Å². The molecule has 1 aromatic carbocycles. The minimum absolute atomic E-state index is 0. The van der Waals surface area contributed by atoms with E-state index < -0.39 is 4.92 Å². The zero-order valence-corrected chi connectivity index (χ0v) is 11.1. The Bertz CT molecular complexity index is 461. The van der Waals surface area contributed by atoms with E-state index in [4.69, 9.17) is 0 Å². The van der Waals surface area contributed by atoms with Crippen molar-refractivity contribution in [2.24, 2.45) is 5.92 Å². The summed E-state index contributed by atoms with van der Waals surface area (Å²) >= 11 is 0. The number of non-ortho nitro benzene ring substituents is 1. The number of benzene rings is 1. The first-order valence-electron chi connectivity index (χ1n) is 5.93. The Morgan fingerprint density at radius 2 is 2.26 bits per heavy atom. The van der Waals surface area contributed by atoms with Gasteiger partial charge in [-0.05, 0) is 25.5 Å². The summed E-state index contributed by atoms with van der Waals surface area (Å²) in [5.41, 5.74) is 0.453. The van der Waals surface area contributed by atoms with Crippen molar-refractivity contribution in [2.45, 2.75) is 12.8 Å². The molecule has 19 heavy (non-hydrogen) atoms. The maximum Gasteiger partial charge on any atom is 0.271 e. The van der Waals surface area contributed by atoms with Crippen molar-refractivity contribution < 1.29 is 9.72 Å². The van der Waals surface area contributed by atoms with Crippen molar-refractivity contribution in [2.75, 3.05) is 18.4 Å². The minimum atomic E-state index is -0.474. The Balaban J connectivity index is 0.00000180. The van der Waals surface area contributed by atoms with Crippen LogP contribution in [0.3, 0.4) is 0 Å². The number of nitro benzene ring substituents is 1. The number of halogens is 1. The van der Waals surface area contributed by atoms with Gasteiger partial charge in [-0.15, -0.1) is 12.4 Å². The Morgan fingerprint density at radius 1 is 1.47 bits per heavy atom. The molecule has 0 aromatic heterocycles. The molecule has 104 valence electrons. The van der Waals surface area contributed by atoms with Crippen LogP contribution in [-0.2, 0) is 4.79 Å². The van der Waals surface area contributed by atoms with Gasteiger partial charge >= 0.3 is 0 Å². The number of nitro groups is 1. The van der Waals surface area contributed by atoms with Crippen molar-refractivity contribution in [3.05, 3.63) is 34.4 Å². The molecular weight excluding hydrogens is 270 g/mol. The third-order valence-electron chi connectivity index (χ3n) is 2.99. The van der Waals surface area contributed by atoms with Crippen molar-refractivity contribution in [1.29, 1.82) is 0 Å². The fourth-order valence-corrected chi connectivity index (χ4v) is 2.02. The van der Waals surface area contributed by atoms with E-state index in [9.17, 15) is 14.9 Å². The third-order valence-corrected chi connectivity index (χ3v) is 2.99. The van der Waals surface area contributed by atoms with Gasteiger partial charge < -0.3 is 10.6 Å². The second-order valence-electron chi connectivity index (χ2n) is 4.34. The van der Waals surface area contributed by atoms with Gasteiger partial charge in [0.05, 0.1) is 10.8 Å². The highest BCUT2D eigenvalue weighted by molar-refractivity contribution is 5.93. The van der Waals surface area contributed by atoms with Crippen LogP contribution in [0.15, 0.2) is 24.3 Å². The second kappa shape index (κ2) is 7.06. The standard InChI is InChI=1S/C12H15N3O3.ClH/c16-12(9-3-2-6-13-8-9)14-10-4-1-5-11(7-10)15(17)18;/h1,4-5,7,9,13H,2-3,6,8H2,(H,14,16);1H. The molecule has 1 aliphatic rings. The lowest BCUT2D eigenvalue weighted by atomic mass is 9.99. The highest BCUT2D eigenvalue weighted by Crippen LogP contribution is 2.19. The molecule has 0 spiro atoms. The number of piperidine rings is 1. The van der Waals surface area contributed by atoms with Crippen molar-refractivity contribution in [3.63, 3.8) is 0 Å². The molecule has 7 heteroatoms. The maximum atomic E-state index is 11.9. The van der Waals surface area contributed by atoms with Crippen LogP contribution in [0.4, 0.5) is 11.4 Å². The summed E-state index contributed by atoms with van der Waals surface area (Å²) in [6.45, 7) is 1.61. The van der Waals surface area contributed by atoms with Gasteiger partial charge in [-0.1, -0.05) is 6.07 Å². The predicted octanol–water partition coefficient (Wildman–Crippen LogP) is 1.95. The van der Waals surface area contributed by atoms with Gasteiger partial charge in [0, 0.05) is 24.4 Å². The van der Waals surface area contributed by atoms with Crippen molar-refractivity contribution in [3.8, 4) is 0 Å². The Morgan fingerprint density at radius 3 is 2.89 bits per heavy atom. The normalized spacial score (nSPS) is 18.2. The van der Waals surface area contributed by atoms with E-state index in [1.54, 1.807) is 12.1 Å². The molecule has 2 rings (SSSR count). The molecule has 1 atom stereocenters. The van der Waals surface area contributed by atoms with E-state index in [0.717, 1.165) is 19.4 Å². The summed E-state index contributed by atoms with van der Waals surface area (Å²) in [7, 11) is 0. The highest BCUT2D eigenvalue weighted by atomic mass is 35.5. The first-order chi connectivity index (χ1) is 8.66. The van der Waals surface area contributed by atoms with Crippen LogP contribution in [0.1, 0.15) is 12.8 Å². The maximum absolute atomic E-state index is 11.9. The zero-order valence-electron chi connectivity index (χ0n) is 10.3. The second-order valence-corrected chi connectivity index (χ2v) is 4.34. The van der Waals surface area contributed by atoms with Gasteiger partial charge in [0.25, 0.3) is 5.69 Å². The molecule has 6 nitrogen and oxygen atoms in total. The van der Waals surface area contributed by atoms with Gasteiger partial charge in [0.2, 0.25) is 5.91 Å². The number of carbonyl (C=O) groups excluding carboxylic acids is 1. The van der Waals surface area contributed by atoms with Gasteiger partial charge in [-0.2, -0.15) is 0 Å². The predicted molar refractivity (Wildman–Crippen MR) is 74.6 cm³/mol. The van der Waals surface area contributed by atoms with Crippen LogP contribution in [0.5, 0.6) is 0 Å². The number of hydrogen-bond donors (Lipinski definition) is 2. The summed E-state index contributed by atoms with van der Waals surface area (Å²) in [4.78, 5) is 22.1. The first-order valence-corrected chi connectivity index (χ1v) is 5.93. The lowest BCUT2D eigenvalue weighted by Crippen LogP contribution is -2.37. The van der Waals surface area contributed by atoms with Crippen LogP contribution in [-0.4, -0.2) is 23.9 Å². The molecule has 1 aliphatic heterocycles. The molecule has 1 saturated heterocycles. The smallest absolute Gasteiger partial charge is 0.271 e. The Labute approximate surface area is 117 Å². The van der Waals surface area contributed by atoms with Crippen molar-refractivity contribution >= 4 is 29.7 Å². The quantitative estimate of drug-likeness (QED) is 0.657. The fourth-order valence-electron chi connectivity index (χ4n) is 2.02. The average Bonchev–Trinajstić information content (AvgIpc) is 2.40. The monoisotopic (exact) mass is 285 g/mol. The molecule has 1 fully saturated rings. The number of nitrogens with one attached hydrogen (secondary N) is 2. The Hall–Kier alpha value is -1.66. The average molecular weight is 286 g/mol. The summed E-state index contributed by atoms with van der Waals surface area (Å²) < 4.78 is 0. The lowest BCUT2D eigenvalue weighted by molar-refractivity contribution is -0.384. The molecular formula is C12H16ClN3O3. The van der Waals surface area contributed by atoms with Crippen LogP contribution in [0.25, 0.3) is 0 Å². The van der Waals surface area contributed by atoms with E-state index in [0.29, 0.717) is 12.2 Å². The molecule has 1 heterocycles. The van der Waals surface area contributed by atoms with E-state index in [1.165, 1.54) is 12.1 Å². The molecule has 2 N–H and O–H groups in total. The van der Waals surface area contributed by atoms with E-state index >= 15 is 0 Å². The van der Waals surface area contributed by atoms with Crippen LogP contribution in [0.2, 0.25) is 0 Å². The molecule has 1 unspecified atom stereocenters. The molecule has 0 radical (unpaired) electrons. The van der Waals surface area contributed by atoms with E-state index in [1.807, 2.05) is 0 Å². The summed E-state index contributed by atoms with van der Waals surface area (Å²) in [5.74, 6) is -0.138. The largest absolute Gasteiger partial charge is 0.326 e. The summed E-state index contributed by atoms with van der Waals surface area (Å²) in [5, 5.41) is 16.5. The van der Waals surface area contributed by atoms with E-state index in [-0.39, 0.29) is 29.9 Å². The van der Waals surface area contributed by atoms with Gasteiger partial charge in [-0.3, -0.25) is 14.9 Å². The molecule has 0 aliphatic carbocycles. The number of carbonyl (C=O) groups is 1. The van der Waals surface area contributed by atoms with E-state index in [2.05, 4.69) is 10.6 Å². The summed E-state index contributed by atoms with van der Waals surface area (Å²) in [6.07, 6.45) is 1.83. The number of nitrogens with zero attached hydrogens (tertiary/aromatic N) is 1. The topological polar surface area (TPSA) is 84.3 Å². The molecule has 0 bridgehead atoms. The lowest BCUT2D eigenvalue weighted by Gasteiger charge is -2.21. The molecule has 1 aromatic rings. The Kier molecular flexibility index (Phi) is 5.72. The molecule has 0 saturated carbocycles. The minimum Gasteiger partial charge on any atom is -0.326 e. The number of rotatable bonds is 3. The van der Waals surface area contributed by atoms with Gasteiger partial charge in [-0.25, -0.2) is 0 Å². The van der Waals surface area contributed by atoms with Crippen LogP contribution >= 0.6 is 12.4 Å². The molecule has 1 amide bonds. The number of amides is 1. The zero-order chi connectivity index (χ0) is 13.0. The first kappa shape index (κ1) is 15.4. The third kappa shape index (κ3) is 4.18.